The van der Waals surface area contributed by atoms with E-state index in [9.17, 15) is 14.0 Å². The standard InChI is InChI=1S/C20H17FN2O3/c1-14-6-2-3-10-18(14)22-19(24)17-9-5-11-23(20(17)25)26-13-15-7-4-8-16(21)12-15/h2-12H,13H2,1H3,(H,22,24). The van der Waals surface area contributed by atoms with Crippen molar-refractivity contribution in [2.45, 2.75) is 13.5 Å². The van der Waals surface area contributed by atoms with Crippen molar-refractivity contribution in [2.75, 3.05) is 5.32 Å². The van der Waals surface area contributed by atoms with Crippen LogP contribution in [-0.2, 0) is 6.61 Å². The summed E-state index contributed by atoms with van der Waals surface area (Å²) in [6.07, 6.45) is 1.41. The van der Waals surface area contributed by atoms with Crippen LogP contribution >= 0.6 is 0 Å². The molecule has 0 aliphatic rings. The minimum absolute atomic E-state index is 0.000528. The van der Waals surface area contributed by atoms with Crippen molar-refractivity contribution in [1.82, 2.24) is 4.73 Å². The lowest BCUT2D eigenvalue weighted by Crippen LogP contribution is -2.32. The fourth-order valence-corrected chi connectivity index (χ4v) is 2.42. The molecule has 0 fully saturated rings. The molecule has 1 N–H and O–H groups in total. The maximum atomic E-state index is 13.2. The van der Waals surface area contributed by atoms with Gasteiger partial charge in [-0.2, -0.15) is 4.73 Å². The average molecular weight is 352 g/mol. The third-order valence-electron chi connectivity index (χ3n) is 3.81. The molecule has 0 spiro atoms. The van der Waals surface area contributed by atoms with E-state index in [0.29, 0.717) is 11.3 Å². The van der Waals surface area contributed by atoms with Crippen LogP contribution in [0.25, 0.3) is 0 Å². The number of hydrogen-bond acceptors (Lipinski definition) is 3. The second kappa shape index (κ2) is 7.65. The summed E-state index contributed by atoms with van der Waals surface area (Å²) in [7, 11) is 0. The molecule has 132 valence electrons. The number of anilines is 1. The lowest BCUT2D eigenvalue weighted by molar-refractivity contribution is 0.0862. The molecule has 0 aliphatic carbocycles. The first-order valence-electron chi connectivity index (χ1n) is 8.01. The summed E-state index contributed by atoms with van der Waals surface area (Å²) < 4.78 is 14.2. The van der Waals surface area contributed by atoms with Crippen molar-refractivity contribution in [3.8, 4) is 0 Å². The lowest BCUT2D eigenvalue weighted by Gasteiger charge is -2.11. The molecular weight excluding hydrogens is 335 g/mol. The summed E-state index contributed by atoms with van der Waals surface area (Å²) in [5, 5.41) is 2.72. The first-order valence-corrected chi connectivity index (χ1v) is 8.01. The van der Waals surface area contributed by atoms with Crippen LogP contribution < -0.4 is 15.7 Å². The van der Waals surface area contributed by atoms with E-state index in [4.69, 9.17) is 4.84 Å². The maximum Gasteiger partial charge on any atom is 0.295 e. The van der Waals surface area contributed by atoms with Gasteiger partial charge in [0.15, 0.2) is 0 Å². The number of nitrogens with one attached hydrogen (secondary N) is 1. The summed E-state index contributed by atoms with van der Waals surface area (Å²) in [5.41, 5.74) is 1.46. The second-order valence-electron chi connectivity index (χ2n) is 5.73. The molecule has 1 heterocycles. The van der Waals surface area contributed by atoms with Crippen LogP contribution in [0.5, 0.6) is 0 Å². The third kappa shape index (κ3) is 3.97. The molecule has 0 unspecified atom stereocenters. The van der Waals surface area contributed by atoms with Crippen molar-refractivity contribution < 1.29 is 14.0 Å². The van der Waals surface area contributed by atoms with Gasteiger partial charge in [0.2, 0.25) is 0 Å². The van der Waals surface area contributed by atoms with Crippen molar-refractivity contribution in [3.05, 3.63) is 99.7 Å². The Morgan fingerprint density at radius 1 is 1.12 bits per heavy atom. The van der Waals surface area contributed by atoms with Gasteiger partial charge in [-0.1, -0.05) is 30.3 Å². The van der Waals surface area contributed by atoms with Crippen molar-refractivity contribution in [1.29, 1.82) is 0 Å². The molecule has 3 aromatic rings. The number of carbonyl (C=O) groups excluding carboxylic acids is 1. The molecule has 0 atom stereocenters. The van der Waals surface area contributed by atoms with E-state index in [0.717, 1.165) is 10.3 Å². The van der Waals surface area contributed by atoms with Crippen molar-refractivity contribution in [2.24, 2.45) is 0 Å². The molecule has 0 saturated carbocycles. The van der Waals surface area contributed by atoms with E-state index in [1.54, 1.807) is 30.3 Å². The van der Waals surface area contributed by atoms with Gasteiger partial charge in [-0.3, -0.25) is 9.59 Å². The van der Waals surface area contributed by atoms with Crippen LogP contribution in [-0.4, -0.2) is 10.6 Å². The SMILES string of the molecule is Cc1ccccc1NC(=O)c1cccn(OCc2cccc(F)c2)c1=O. The van der Waals surface area contributed by atoms with E-state index in [1.165, 1.54) is 24.4 Å². The molecule has 0 bridgehead atoms. The van der Waals surface area contributed by atoms with Gasteiger partial charge in [0.25, 0.3) is 11.5 Å². The van der Waals surface area contributed by atoms with Gasteiger partial charge in [-0.25, -0.2) is 4.39 Å². The normalized spacial score (nSPS) is 10.4. The summed E-state index contributed by atoms with van der Waals surface area (Å²) in [5.74, 6) is -0.905. The molecule has 5 nitrogen and oxygen atoms in total. The minimum atomic E-state index is -0.588. The number of pyridine rings is 1. The van der Waals surface area contributed by atoms with Gasteiger partial charge < -0.3 is 10.2 Å². The summed E-state index contributed by atoms with van der Waals surface area (Å²) in [6, 6.07) is 16.1. The fraction of sp³-hybridized carbons (Fsp3) is 0.100. The van der Waals surface area contributed by atoms with E-state index in [2.05, 4.69) is 5.32 Å². The Balaban J connectivity index is 1.77. The van der Waals surface area contributed by atoms with E-state index in [1.807, 2.05) is 19.1 Å². The predicted molar refractivity (Wildman–Crippen MR) is 96.5 cm³/mol. The molecule has 6 heteroatoms. The Morgan fingerprint density at radius 2 is 1.92 bits per heavy atom. The number of carbonyl (C=O) groups is 1. The highest BCUT2D eigenvalue weighted by atomic mass is 19.1. The molecule has 3 rings (SSSR count). The zero-order chi connectivity index (χ0) is 18.5. The number of aryl methyl sites for hydroxylation is 1. The zero-order valence-electron chi connectivity index (χ0n) is 14.1. The molecule has 1 aromatic heterocycles. The Bertz CT molecular complexity index is 998. The van der Waals surface area contributed by atoms with Crippen LogP contribution in [0.3, 0.4) is 0 Å². The third-order valence-corrected chi connectivity index (χ3v) is 3.81. The number of aromatic nitrogens is 1. The number of nitrogens with zero attached hydrogens (tertiary/aromatic N) is 1. The fourth-order valence-electron chi connectivity index (χ4n) is 2.42. The minimum Gasteiger partial charge on any atom is -0.406 e. The van der Waals surface area contributed by atoms with E-state index < -0.39 is 11.5 Å². The molecule has 2 aromatic carbocycles. The Morgan fingerprint density at radius 3 is 2.69 bits per heavy atom. The van der Waals surface area contributed by atoms with Gasteiger partial charge >= 0.3 is 0 Å². The van der Waals surface area contributed by atoms with Crippen LogP contribution in [0, 0.1) is 12.7 Å². The maximum absolute atomic E-state index is 13.2. The average Bonchev–Trinajstić information content (AvgIpc) is 2.63. The highest BCUT2D eigenvalue weighted by Crippen LogP contribution is 2.13. The van der Waals surface area contributed by atoms with Crippen LogP contribution in [0.15, 0.2) is 71.7 Å². The quantitative estimate of drug-likeness (QED) is 0.767. The number of para-hydroxylation sites is 1. The van der Waals surface area contributed by atoms with Crippen molar-refractivity contribution >= 4 is 11.6 Å². The Hall–Kier alpha value is -3.41. The zero-order valence-corrected chi connectivity index (χ0v) is 14.1. The van der Waals surface area contributed by atoms with Gasteiger partial charge in [-0.05, 0) is 48.4 Å². The first kappa shape index (κ1) is 17.4. The smallest absolute Gasteiger partial charge is 0.295 e. The van der Waals surface area contributed by atoms with Crippen LogP contribution in [0.4, 0.5) is 10.1 Å². The van der Waals surface area contributed by atoms with Gasteiger partial charge in [0.1, 0.15) is 18.0 Å². The molecule has 1 amide bonds. The lowest BCUT2D eigenvalue weighted by atomic mass is 10.2. The van der Waals surface area contributed by atoms with Crippen LogP contribution in [0.1, 0.15) is 21.5 Å². The molecule has 0 saturated heterocycles. The highest BCUT2D eigenvalue weighted by Gasteiger charge is 2.14. The van der Waals surface area contributed by atoms with E-state index >= 15 is 0 Å². The van der Waals surface area contributed by atoms with E-state index in [-0.39, 0.29) is 18.0 Å². The van der Waals surface area contributed by atoms with Gasteiger partial charge in [0, 0.05) is 11.9 Å². The Kier molecular flexibility index (Phi) is 5.12. The van der Waals surface area contributed by atoms with Crippen LogP contribution in [0.2, 0.25) is 0 Å². The molecule has 26 heavy (non-hydrogen) atoms. The first-order chi connectivity index (χ1) is 12.5. The highest BCUT2D eigenvalue weighted by molar-refractivity contribution is 6.04. The topological polar surface area (TPSA) is 60.3 Å². The summed E-state index contributed by atoms with van der Waals surface area (Å²) >= 11 is 0. The summed E-state index contributed by atoms with van der Waals surface area (Å²) in [6.45, 7) is 1.86. The Labute approximate surface area is 149 Å². The summed E-state index contributed by atoms with van der Waals surface area (Å²) in [4.78, 5) is 30.3. The molecule has 0 aliphatic heterocycles. The second-order valence-corrected chi connectivity index (χ2v) is 5.73. The monoisotopic (exact) mass is 352 g/mol. The number of amides is 1. The molecule has 0 radical (unpaired) electrons. The number of halogens is 1. The van der Waals surface area contributed by atoms with Crippen molar-refractivity contribution in [3.63, 3.8) is 0 Å². The largest absolute Gasteiger partial charge is 0.406 e. The number of benzene rings is 2. The van der Waals surface area contributed by atoms with Gasteiger partial charge in [-0.15, -0.1) is 0 Å². The number of rotatable bonds is 5. The molecular formula is C20H17FN2O3. The van der Waals surface area contributed by atoms with Gasteiger partial charge in [0.05, 0.1) is 0 Å². The predicted octanol–water partition coefficient (Wildman–Crippen LogP) is 3.18. The number of hydrogen-bond donors (Lipinski definition) is 1.